The maximum absolute atomic E-state index is 14.0. The number of hydrogen-bond donors (Lipinski definition) is 2. The molecule has 2 N–H and O–H groups in total. The zero-order valence-electron chi connectivity index (χ0n) is 30.5. The number of methoxy groups -OCH3 is 1. The van der Waals surface area contributed by atoms with Gasteiger partial charge in [0, 0.05) is 75.1 Å². The number of benzene rings is 2. The molecule has 12 heteroatoms. The first-order valence-corrected chi connectivity index (χ1v) is 18.7. The van der Waals surface area contributed by atoms with Crippen LogP contribution in [0.4, 0.5) is 15.9 Å². The molecule has 0 saturated carbocycles. The molecule has 0 spiro atoms. The molecule has 1 aromatic heterocycles. The number of aryl methyl sites for hydroxylation is 1. The number of halogens is 1. The van der Waals surface area contributed by atoms with Gasteiger partial charge in [-0.1, -0.05) is 49.8 Å². The van der Waals surface area contributed by atoms with Gasteiger partial charge >= 0.3 is 6.01 Å². The number of carbonyl (C=O) groups is 1. The maximum atomic E-state index is 14.0. The van der Waals surface area contributed by atoms with Crippen molar-refractivity contribution < 1.29 is 18.7 Å². The molecule has 0 bridgehead atoms. The molecule has 6 rings (SSSR count). The van der Waals surface area contributed by atoms with E-state index in [1.54, 1.807) is 25.5 Å². The standard InChI is InChI=1S/C33H41FN6O3.C4H11N.CH4S/c1-23-7-4-8-24-9-5-10-29(31(23)24)40-13-12-27-28(21-40)35-33(43-22-26-19-25(34)20-37(26)2)36-32(27)39-16-14-38(15-17-39)30(41)11-6-18-42-3;1-2-3-4-5;1-2/h4-11,25-26H,12-22H2,1-3H3;2-5H2,1H3;2H,1H3/b11-6+;;. The Morgan fingerprint density at radius 2 is 1.82 bits per heavy atom. The summed E-state index contributed by atoms with van der Waals surface area (Å²) in [5, 5.41) is 2.50. The lowest BCUT2D eigenvalue weighted by Crippen LogP contribution is -2.49. The summed E-state index contributed by atoms with van der Waals surface area (Å²) >= 11 is 3.53. The van der Waals surface area contributed by atoms with Gasteiger partial charge in [0.15, 0.2) is 0 Å². The molecule has 2 unspecified atom stereocenters. The molecule has 2 atom stereocenters. The summed E-state index contributed by atoms with van der Waals surface area (Å²) in [4.78, 5) is 31.0. The van der Waals surface area contributed by atoms with Gasteiger partial charge in [0.05, 0.1) is 18.8 Å². The van der Waals surface area contributed by atoms with E-state index in [0.717, 1.165) is 36.6 Å². The Hall–Kier alpha value is -3.45. The third kappa shape index (κ3) is 10.1. The summed E-state index contributed by atoms with van der Waals surface area (Å²) in [7, 11) is 3.54. The number of likely N-dealkylation sites (tertiary alicyclic amines) is 1. The van der Waals surface area contributed by atoms with Gasteiger partial charge in [0.25, 0.3) is 0 Å². The van der Waals surface area contributed by atoms with E-state index in [4.69, 9.17) is 25.2 Å². The number of hydrogen-bond acceptors (Lipinski definition) is 10. The van der Waals surface area contributed by atoms with E-state index < -0.39 is 6.17 Å². The Bertz CT molecular complexity index is 1550. The average molecular weight is 710 g/mol. The third-order valence-corrected chi connectivity index (χ3v) is 9.47. The highest BCUT2D eigenvalue weighted by Gasteiger charge is 2.32. The van der Waals surface area contributed by atoms with Gasteiger partial charge < -0.3 is 29.9 Å². The molecule has 274 valence electrons. The number of likely N-dealkylation sites (N-methyl/N-ethyl adjacent to an activating group) is 1. The summed E-state index contributed by atoms with van der Waals surface area (Å²) in [5.74, 6) is 0.886. The molecule has 1 amide bonds. The van der Waals surface area contributed by atoms with Crippen LogP contribution < -0.4 is 20.3 Å². The zero-order valence-corrected chi connectivity index (χ0v) is 31.4. The molecule has 2 saturated heterocycles. The second-order valence-electron chi connectivity index (χ2n) is 12.9. The Morgan fingerprint density at radius 1 is 1.08 bits per heavy atom. The van der Waals surface area contributed by atoms with E-state index in [9.17, 15) is 9.18 Å². The van der Waals surface area contributed by atoms with Crippen molar-refractivity contribution in [2.24, 2.45) is 5.73 Å². The number of amides is 1. The van der Waals surface area contributed by atoms with Crippen LogP contribution in [0.5, 0.6) is 6.01 Å². The number of fused-ring (bicyclic) bond motifs is 2. The van der Waals surface area contributed by atoms with E-state index in [0.29, 0.717) is 64.9 Å². The second kappa shape index (κ2) is 19.8. The van der Waals surface area contributed by atoms with Crippen LogP contribution in [0.25, 0.3) is 10.8 Å². The van der Waals surface area contributed by atoms with Crippen LogP contribution in [0.1, 0.15) is 43.0 Å². The molecule has 2 fully saturated rings. The normalized spacial score (nSPS) is 19.2. The summed E-state index contributed by atoms with van der Waals surface area (Å²) in [6.45, 7) is 10.4. The molecule has 3 aliphatic rings. The predicted octanol–water partition coefficient (Wildman–Crippen LogP) is 5.06. The van der Waals surface area contributed by atoms with Gasteiger partial charge in [-0.15, -0.1) is 0 Å². The van der Waals surface area contributed by atoms with Gasteiger partial charge in [0.1, 0.15) is 18.6 Å². The van der Waals surface area contributed by atoms with Gasteiger partial charge in [-0.2, -0.15) is 22.6 Å². The number of aromatic nitrogens is 2. The number of anilines is 2. The first-order valence-electron chi connectivity index (χ1n) is 17.8. The highest BCUT2D eigenvalue weighted by Crippen LogP contribution is 2.35. The summed E-state index contributed by atoms with van der Waals surface area (Å²) in [6.07, 6.45) is 7.84. The third-order valence-electron chi connectivity index (χ3n) is 9.47. The van der Waals surface area contributed by atoms with Gasteiger partial charge in [0.2, 0.25) is 5.91 Å². The number of unbranched alkanes of at least 4 members (excludes halogenated alkanes) is 1. The molecule has 0 radical (unpaired) electrons. The van der Waals surface area contributed by atoms with Crippen LogP contribution in [0.15, 0.2) is 48.6 Å². The van der Waals surface area contributed by atoms with Crippen molar-refractivity contribution in [2.45, 2.75) is 58.3 Å². The van der Waals surface area contributed by atoms with E-state index in [1.165, 1.54) is 34.9 Å². The number of rotatable bonds is 10. The Kier molecular flexibility index (Phi) is 15.6. The van der Waals surface area contributed by atoms with Crippen LogP contribution in [-0.2, 0) is 22.5 Å². The molecule has 10 nitrogen and oxygen atoms in total. The monoisotopic (exact) mass is 709 g/mol. The number of nitrogens with two attached hydrogens (primary N) is 1. The maximum Gasteiger partial charge on any atom is 0.318 e. The minimum Gasteiger partial charge on any atom is -0.462 e. The number of piperazine rings is 1. The van der Waals surface area contributed by atoms with Crippen molar-refractivity contribution in [2.75, 3.05) is 89.2 Å². The number of carbonyl (C=O) groups excluding carboxylic acids is 1. The fourth-order valence-corrected chi connectivity index (χ4v) is 6.76. The quantitative estimate of drug-likeness (QED) is 0.221. The van der Waals surface area contributed by atoms with E-state index in [1.807, 2.05) is 16.8 Å². The summed E-state index contributed by atoms with van der Waals surface area (Å²) in [6, 6.07) is 13.2. The predicted molar refractivity (Wildman–Crippen MR) is 206 cm³/mol. The fourth-order valence-electron chi connectivity index (χ4n) is 6.76. The average Bonchev–Trinajstić information content (AvgIpc) is 3.47. The molecular weight excluding hydrogens is 654 g/mol. The molecule has 3 aliphatic heterocycles. The second-order valence-corrected chi connectivity index (χ2v) is 12.9. The highest BCUT2D eigenvalue weighted by molar-refractivity contribution is 7.79. The van der Waals surface area contributed by atoms with E-state index >= 15 is 0 Å². The van der Waals surface area contributed by atoms with Crippen molar-refractivity contribution in [3.05, 3.63) is 65.4 Å². The fraction of sp³-hybridized carbons (Fsp3) is 0.553. The molecule has 3 aromatic rings. The Morgan fingerprint density at radius 3 is 2.46 bits per heavy atom. The number of ether oxygens (including phenoxy) is 2. The van der Waals surface area contributed by atoms with Crippen molar-refractivity contribution in [1.82, 2.24) is 19.8 Å². The van der Waals surface area contributed by atoms with Crippen LogP contribution in [0, 0.1) is 6.92 Å². The lowest BCUT2D eigenvalue weighted by Gasteiger charge is -2.38. The first-order chi connectivity index (χ1) is 24.3. The smallest absolute Gasteiger partial charge is 0.318 e. The molecule has 4 heterocycles. The lowest BCUT2D eigenvalue weighted by atomic mass is 9.99. The van der Waals surface area contributed by atoms with E-state index in [-0.39, 0.29) is 11.9 Å². The van der Waals surface area contributed by atoms with Crippen LogP contribution in [0.2, 0.25) is 0 Å². The number of alkyl halides is 1. The topological polar surface area (TPSA) is 100 Å². The molecule has 50 heavy (non-hydrogen) atoms. The Labute approximate surface area is 303 Å². The molecule has 2 aromatic carbocycles. The SMILES string of the molecule is CCCCN.COC/C=C/C(=O)N1CCN(c2nc(OCC3CC(F)CN3C)nc3c2CCN(c2cccc4cccc(C)c24)C3)CC1.CS. The van der Waals surface area contributed by atoms with Crippen molar-refractivity contribution >= 4 is 40.8 Å². The summed E-state index contributed by atoms with van der Waals surface area (Å²) < 4.78 is 25.2. The largest absolute Gasteiger partial charge is 0.462 e. The van der Waals surface area contributed by atoms with E-state index in [2.05, 4.69) is 72.7 Å². The van der Waals surface area contributed by atoms with Crippen LogP contribution >= 0.6 is 12.6 Å². The number of thiol groups is 1. The van der Waals surface area contributed by atoms with Crippen molar-refractivity contribution in [3.63, 3.8) is 0 Å². The Balaban J connectivity index is 0.000000738. The minimum atomic E-state index is -0.834. The van der Waals surface area contributed by atoms with Gasteiger partial charge in [-0.3, -0.25) is 9.69 Å². The molecular formula is C38H56FN7O3S. The first kappa shape index (κ1) is 39.3. The van der Waals surface area contributed by atoms with Gasteiger partial charge in [-0.25, -0.2) is 4.39 Å². The zero-order chi connectivity index (χ0) is 36.0. The van der Waals surface area contributed by atoms with Crippen molar-refractivity contribution in [3.8, 4) is 6.01 Å². The van der Waals surface area contributed by atoms with Crippen molar-refractivity contribution in [1.29, 1.82) is 0 Å². The van der Waals surface area contributed by atoms with Crippen LogP contribution in [0.3, 0.4) is 0 Å². The number of nitrogens with zero attached hydrogens (tertiary/aromatic N) is 6. The van der Waals surface area contributed by atoms with Crippen LogP contribution in [-0.4, -0.2) is 117 Å². The minimum absolute atomic E-state index is 0.00156. The van der Waals surface area contributed by atoms with Gasteiger partial charge in [-0.05, 0) is 63.1 Å². The summed E-state index contributed by atoms with van der Waals surface area (Å²) in [5.41, 5.74) is 9.70. The lowest BCUT2D eigenvalue weighted by molar-refractivity contribution is -0.126. The highest BCUT2D eigenvalue weighted by atomic mass is 32.1. The molecule has 0 aliphatic carbocycles.